The van der Waals surface area contributed by atoms with Crippen LogP contribution in [0.5, 0.6) is 5.75 Å². The molecule has 63 heavy (non-hydrogen) atoms. The van der Waals surface area contributed by atoms with Crippen LogP contribution in [0.1, 0.15) is 76.0 Å². The van der Waals surface area contributed by atoms with E-state index in [1.54, 1.807) is 36.4 Å². The average Bonchev–Trinajstić information content (AvgIpc) is 3.70. The van der Waals surface area contributed by atoms with E-state index in [1.165, 1.54) is 7.11 Å². The van der Waals surface area contributed by atoms with Crippen LogP contribution < -0.4 is 9.64 Å². The summed E-state index contributed by atoms with van der Waals surface area (Å²) in [5.41, 5.74) is -1.41. The number of alkyl halides is 3. The molecule has 0 aromatic heterocycles. The minimum Gasteiger partial charge on any atom is -0.467 e. The quantitative estimate of drug-likeness (QED) is 0.164. The molecule has 3 aromatic rings. The number of hydrazone groups is 1. The fraction of sp³-hybridized carbons (Fsp3) is 0.395. The molecule has 0 bridgehead atoms. The van der Waals surface area contributed by atoms with Crippen LogP contribution in [-0.4, -0.2) is 79.3 Å². The van der Waals surface area contributed by atoms with Gasteiger partial charge in [0, 0.05) is 27.6 Å². The summed E-state index contributed by atoms with van der Waals surface area (Å²) in [5.74, 6) is -1.87. The first kappa shape index (κ1) is 47.1. The number of rotatable bonds is 7. The largest absolute Gasteiger partial charge is 0.573 e. The number of hydrogen-bond donors (Lipinski definition) is 0. The van der Waals surface area contributed by atoms with Crippen LogP contribution in [-0.2, 0) is 44.5 Å². The second kappa shape index (κ2) is 18.4. The van der Waals surface area contributed by atoms with Crippen LogP contribution in [0.3, 0.4) is 0 Å². The minimum atomic E-state index is -4.92. The molecule has 1 fully saturated rings. The van der Waals surface area contributed by atoms with Gasteiger partial charge in [-0.1, -0.05) is 60.3 Å². The number of amides is 3. The first-order chi connectivity index (χ1) is 29.7. The fourth-order valence-electron chi connectivity index (χ4n) is 7.36. The first-order valence-corrected chi connectivity index (χ1v) is 20.6. The molecular formula is C43H41Cl3F3N3O11. The number of methoxy groups -OCH3 is 2. The molecule has 14 nitrogen and oxygen atoms in total. The third-order valence-electron chi connectivity index (χ3n) is 11.0. The Morgan fingerprint density at radius 3 is 2.11 bits per heavy atom. The Balaban J connectivity index is 0.000000219. The molecule has 336 valence electrons. The molecule has 0 unspecified atom stereocenters. The number of imide groups is 1. The second-order valence-corrected chi connectivity index (χ2v) is 16.7. The van der Waals surface area contributed by atoms with Crippen molar-refractivity contribution in [1.29, 1.82) is 0 Å². The van der Waals surface area contributed by atoms with Crippen molar-refractivity contribution in [3.8, 4) is 5.75 Å². The molecule has 0 N–H and O–H groups in total. The lowest BCUT2D eigenvalue weighted by Crippen LogP contribution is -2.56. The van der Waals surface area contributed by atoms with Crippen LogP contribution in [0.15, 0.2) is 71.5 Å². The van der Waals surface area contributed by atoms with Crippen molar-refractivity contribution in [3.05, 3.63) is 98.2 Å². The molecule has 0 saturated heterocycles. The Labute approximate surface area is 374 Å². The SMILES string of the molecule is CCC(C)(C)C(=O)OC1=C(c2ccc(Cl)cc2Cl)C(=O)OC12CCCCC2.COC(=O)N(C(=O)N1CO[C@@]2(C(=O)OC)Cc3cc(Cl)ccc3C2=N1)c1ccc(OC(F)(F)F)cc1. The van der Waals surface area contributed by atoms with E-state index in [0.717, 1.165) is 55.6 Å². The van der Waals surface area contributed by atoms with Crippen molar-refractivity contribution in [2.24, 2.45) is 10.5 Å². The monoisotopic (exact) mass is 937 g/mol. The number of carbonyl (C=O) groups excluding carboxylic acids is 5. The minimum absolute atomic E-state index is 0.0534. The maximum absolute atomic E-state index is 13.3. The van der Waals surface area contributed by atoms with Crippen molar-refractivity contribution < 1.29 is 65.6 Å². The smallest absolute Gasteiger partial charge is 0.467 e. The lowest BCUT2D eigenvalue weighted by Gasteiger charge is -2.35. The fourth-order valence-corrected chi connectivity index (χ4v) is 8.06. The van der Waals surface area contributed by atoms with Crippen LogP contribution in [0, 0.1) is 5.41 Å². The number of nitrogens with zero attached hydrogens (tertiary/aromatic N) is 3. The average molecular weight is 939 g/mol. The Morgan fingerprint density at radius 2 is 1.52 bits per heavy atom. The van der Waals surface area contributed by atoms with Crippen LogP contribution >= 0.6 is 34.8 Å². The van der Waals surface area contributed by atoms with Gasteiger partial charge in [-0.05, 0) is 100 Å². The van der Waals surface area contributed by atoms with Crippen LogP contribution in [0.2, 0.25) is 15.1 Å². The molecule has 1 saturated carbocycles. The highest BCUT2D eigenvalue weighted by atomic mass is 35.5. The lowest BCUT2D eigenvalue weighted by atomic mass is 9.82. The van der Waals surface area contributed by atoms with Gasteiger partial charge in [-0.2, -0.15) is 15.0 Å². The number of benzene rings is 3. The lowest BCUT2D eigenvalue weighted by molar-refractivity contribution is -0.274. The van der Waals surface area contributed by atoms with Gasteiger partial charge in [-0.25, -0.2) is 19.2 Å². The van der Waals surface area contributed by atoms with Gasteiger partial charge < -0.3 is 28.4 Å². The molecule has 0 radical (unpaired) electrons. The molecule has 4 aliphatic rings. The predicted octanol–water partition coefficient (Wildman–Crippen LogP) is 10.0. The van der Waals surface area contributed by atoms with E-state index in [0.29, 0.717) is 61.7 Å². The summed E-state index contributed by atoms with van der Waals surface area (Å²) in [7, 11) is 2.19. The highest BCUT2D eigenvalue weighted by Crippen LogP contribution is 2.49. The molecule has 2 heterocycles. The number of ether oxygens (including phenoxy) is 6. The van der Waals surface area contributed by atoms with E-state index in [-0.39, 0.29) is 29.4 Å². The summed E-state index contributed by atoms with van der Waals surface area (Å²) in [5, 5.41) is 6.27. The summed E-state index contributed by atoms with van der Waals surface area (Å²) < 4.78 is 68.3. The van der Waals surface area contributed by atoms with Crippen LogP contribution in [0.25, 0.3) is 5.57 Å². The van der Waals surface area contributed by atoms with Gasteiger partial charge >= 0.3 is 36.4 Å². The molecule has 3 aromatic carbocycles. The van der Waals surface area contributed by atoms with E-state index in [1.807, 2.05) is 20.8 Å². The zero-order chi connectivity index (χ0) is 46.1. The molecule has 2 aliphatic heterocycles. The van der Waals surface area contributed by atoms with E-state index in [2.05, 4.69) is 14.6 Å². The zero-order valence-electron chi connectivity index (χ0n) is 34.5. The molecule has 1 spiro atoms. The summed E-state index contributed by atoms with van der Waals surface area (Å²) in [6, 6.07) is 12.6. The number of hydrogen-bond acceptors (Lipinski definition) is 12. The normalized spacial score (nSPS) is 18.9. The number of fused-ring (bicyclic) bond motifs is 3. The maximum Gasteiger partial charge on any atom is 0.573 e. The topological polar surface area (TPSA) is 160 Å². The Hall–Kier alpha value is -5.36. The second-order valence-electron chi connectivity index (χ2n) is 15.4. The van der Waals surface area contributed by atoms with Gasteiger partial charge in [0.25, 0.3) is 0 Å². The Kier molecular flexibility index (Phi) is 13.8. The van der Waals surface area contributed by atoms with Gasteiger partial charge in [0.2, 0.25) is 5.60 Å². The number of carbonyl (C=O) groups is 5. The van der Waals surface area contributed by atoms with E-state index in [9.17, 15) is 37.1 Å². The molecular weight excluding hydrogens is 898 g/mol. The van der Waals surface area contributed by atoms with Gasteiger partial charge in [0.05, 0.1) is 30.3 Å². The van der Waals surface area contributed by atoms with Gasteiger partial charge in [-0.3, -0.25) is 4.79 Å². The molecule has 20 heteroatoms. The highest BCUT2D eigenvalue weighted by Gasteiger charge is 2.56. The summed E-state index contributed by atoms with van der Waals surface area (Å²) in [6.07, 6.45) is -1.22. The van der Waals surface area contributed by atoms with E-state index in [4.69, 9.17) is 53.8 Å². The molecule has 7 rings (SSSR count). The standard InChI is InChI=1S/C22H17ClF3N3O7.C21H24Cl2O4/c1-33-18(30)21-10-12-9-13(23)3-8-16(12)17(21)27-28(11-35-21)19(31)29(20(32)34-2)14-4-6-15(7-5-14)36-22(24,25)26;1-4-20(2,3)19(25)26-17-16(14-9-8-13(22)12-15(14)23)18(24)27-21(17)10-6-5-7-11-21/h3-9H,10-11H2,1-2H3;8-9,12H,4-7,10-11H2,1-3H3/t21-;/m0./s1. The van der Waals surface area contributed by atoms with E-state index >= 15 is 0 Å². The third-order valence-corrected chi connectivity index (χ3v) is 11.8. The molecule has 1 atom stereocenters. The van der Waals surface area contributed by atoms with Gasteiger partial charge in [0.1, 0.15) is 23.8 Å². The maximum atomic E-state index is 13.3. The Bertz CT molecular complexity index is 2380. The zero-order valence-corrected chi connectivity index (χ0v) is 36.8. The van der Waals surface area contributed by atoms with Gasteiger partial charge in [0.15, 0.2) is 11.4 Å². The summed E-state index contributed by atoms with van der Waals surface area (Å²) >= 11 is 18.4. The van der Waals surface area contributed by atoms with Crippen molar-refractivity contribution in [1.82, 2.24) is 5.01 Å². The highest BCUT2D eigenvalue weighted by molar-refractivity contribution is 6.37. The Morgan fingerprint density at radius 1 is 0.889 bits per heavy atom. The molecule has 3 amide bonds. The van der Waals surface area contributed by atoms with Crippen molar-refractivity contribution in [2.75, 3.05) is 25.9 Å². The van der Waals surface area contributed by atoms with Crippen LogP contribution in [0.4, 0.5) is 28.4 Å². The van der Waals surface area contributed by atoms with Gasteiger partial charge in [-0.15, -0.1) is 13.2 Å². The molecule has 2 aliphatic carbocycles. The number of anilines is 1. The summed E-state index contributed by atoms with van der Waals surface area (Å²) in [6.45, 7) is 5.03. The van der Waals surface area contributed by atoms with Crippen molar-refractivity contribution >= 4 is 81.8 Å². The van der Waals surface area contributed by atoms with E-state index < -0.39 is 59.5 Å². The third kappa shape index (κ3) is 9.61. The predicted molar refractivity (Wildman–Crippen MR) is 223 cm³/mol. The van der Waals surface area contributed by atoms with Crippen molar-refractivity contribution in [2.45, 2.75) is 83.3 Å². The number of urea groups is 1. The summed E-state index contributed by atoms with van der Waals surface area (Å²) in [4.78, 5) is 64.7. The van der Waals surface area contributed by atoms with Crippen molar-refractivity contribution in [3.63, 3.8) is 0 Å². The first-order valence-electron chi connectivity index (χ1n) is 19.5. The number of esters is 3. The number of halogens is 6.